The Balaban J connectivity index is 1.61. The van der Waals surface area contributed by atoms with Crippen LogP contribution in [0.15, 0.2) is 46.9 Å². The first-order valence-electron chi connectivity index (χ1n) is 7.40. The van der Waals surface area contributed by atoms with E-state index in [1.807, 2.05) is 6.07 Å². The third-order valence-electron chi connectivity index (χ3n) is 4.01. The largest absolute Gasteiger partial charge is 0.433 e. The molecule has 116 valence electrons. The van der Waals surface area contributed by atoms with Gasteiger partial charge in [-0.3, -0.25) is 15.0 Å². The van der Waals surface area contributed by atoms with Crippen molar-refractivity contribution in [3.05, 3.63) is 58.3 Å². The van der Waals surface area contributed by atoms with Crippen LogP contribution in [0.4, 0.5) is 11.6 Å². The Kier molecular flexibility index (Phi) is 4.11. The minimum atomic E-state index is -0.501. The summed E-state index contributed by atoms with van der Waals surface area (Å²) in [5.41, 5.74) is 1.24. The fraction of sp³-hybridized carbons (Fsp3) is 0.375. The third kappa shape index (κ3) is 3.12. The van der Waals surface area contributed by atoms with Gasteiger partial charge in [0.2, 0.25) is 0 Å². The summed E-state index contributed by atoms with van der Waals surface area (Å²) in [4.78, 5) is 14.8. The molecule has 6 nitrogen and oxygen atoms in total. The molecule has 2 heterocycles. The zero-order valence-electron chi connectivity index (χ0n) is 12.5. The van der Waals surface area contributed by atoms with Crippen molar-refractivity contribution in [3.63, 3.8) is 0 Å². The standard InChI is InChI=1S/C16H19N3O3/c1-13-11-17(12-15-7-8-16(22-15)19(20)21)9-10-18(13)14-5-3-2-4-6-14/h2-8,13H,9-12H2,1H3/t13-/m0/s1. The van der Waals surface area contributed by atoms with E-state index in [4.69, 9.17) is 4.42 Å². The fourth-order valence-corrected chi connectivity index (χ4v) is 2.95. The molecule has 0 spiro atoms. The SMILES string of the molecule is C[C@H]1CN(Cc2ccc([N+](=O)[O-])o2)CCN1c1ccccc1. The van der Waals surface area contributed by atoms with Gasteiger partial charge in [0.05, 0.1) is 12.6 Å². The second kappa shape index (κ2) is 6.19. The molecule has 0 unspecified atom stereocenters. The van der Waals surface area contributed by atoms with Gasteiger partial charge in [0, 0.05) is 31.4 Å². The molecule has 1 aliphatic heterocycles. The molecule has 2 aromatic rings. The molecular formula is C16H19N3O3. The fourth-order valence-electron chi connectivity index (χ4n) is 2.95. The second-order valence-electron chi connectivity index (χ2n) is 5.61. The predicted molar refractivity (Wildman–Crippen MR) is 83.9 cm³/mol. The number of nitro groups is 1. The van der Waals surface area contributed by atoms with Gasteiger partial charge < -0.3 is 9.32 Å². The molecule has 3 rings (SSSR count). The molecule has 0 bridgehead atoms. The highest BCUT2D eigenvalue weighted by atomic mass is 16.6. The van der Waals surface area contributed by atoms with Crippen LogP contribution >= 0.6 is 0 Å². The summed E-state index contributed by atoms with van der Waals surface area (Å²) in [6.45, 7) is 5.57. The van der Waals surface area contributed by atoms with E-state index < -0.39 is 4.92 Å². The number of rotatable bonds is 4. The molecule has 0 radical (unpaired) electrons. The Morgan fingerprint density at radius 3 is 2.64 bits per heavy atom. The lowest BCUT2D eigenvalue weighted by atomic mass is 10.1. The van der Waals surface area contributed by atoms with Crippen LogP contribution in [-0.4, -0.2) is 35.5 Å². The summed E-state index contributed by atoms with van der Waals surface area (Å²) in [6.07, 6.45) is 0. The minimum absolute atomic E-state index is 0.189. The molecule has 22 heavy (non-hydrogen) atoms. The lowest BCUT2D eigenvalue weighted by Crippen LogP contribution is -2.51. The van der Waals surface area contributed by atoms with E-state index in [2.05, 4.69) is 41.0 Å². The second-order valence-corrected chi connectivity index (χ2v) is 5.61. The van der Waals surface area contributed by atoms with Crippen molar-refractivity contribution in [1.29, 1.82) is 0 Å². The molecule has 1 aromatic heterocycles. The zero-order chi connectivity index (χ0) is 15.5. The summed E-state index contributed by atoms with van der Waals surface area (Å²) >= 11 is 0. The number of hydrogen-bond donors (Lipinski definition) is 0. The van der Waals surface area contributed by atoms with Crippen molar-refractivity contribution in [2.75, 3.05) is 24.5 Å². The Labute approximate surface area is 129 Å². The number of hydrogen-bond acceptors (Lipinski definition) is 5. The number of benzene rings is 1. The van der Waals surface area contributed by atoms with E-state index in [0.717, 1.165) is 19.6 Å². The Morgan fingerprint density at radius 1 is 1.23 bits per heavy atom. The van der Waals surface area contributed by atoms with Crippen molar-refractivity contribution in [2.45, 2.75) is 19.5 Å². The van der Waals surface area contributed by atoms with Crippen molar-refractivity contribution >= 4 is 11.6 Å². The molecule has 1 saturated heterocycles. The highest BCUT2D eigenvalue weighted by Crippen LogP contribution is 2.22. The molecule has 6 heteroatoms. The molecule has 1 fully saturated rings. The molecular weight excluding hydrogens is 282 g/mol. The first-order chi connectivity index (χ1) is 10.6. The van der Waals surface area contributed by atoms with Gasteiger partial charge in [-0.05, 0) is 25.1 Å². The molecule has 1 aromatic carbocycles. The van der Waals surface area contributed by atoms with E-state index in [1.54, 1.807) is 6.07 Å². The maximum absolute atomic E-state index is 10.6. The Hall–Kier alpha value is -2.34. The Bertz CT molecular complexity index is 641. The monoisotopic (exact) mass is 301 g/mol. The minimum Gasteiger partial charge on any atom is -0.404 e. The van der Waals surface area contributed by atoms with Crippen LogP contribution in [0, 0.1) is 10.1 Å². The maximum atomic E-state index is 10.6. The van der Waals surface area contributed by atoms with E-state index in [9.17, 15) is 10.1 Å². The van der Waals surface area contributed by atoms with E-state index in [1.165, 1.54) is 11.8 Å². The van der Waals surface area contributed by atoms with Gasteiger partial charge in [0.1, 0.15) is 10.7 Å². The number of nitrogens with zero attached hydrogens (tertiary/aromatic N) is 3. The Morgan fingerprint density at radius 2 is 2.00 bits per heavy atom. The van der Waals surface area contributed by atoms with E-state index in [-0.39, 0.29) is 5.88 Å². The van der Waals surface area contributed by atoms with Gasteiger partial charge in [0.25, 0.3) is 0 Å². The zero-order valence-corrected chi connectivity index (χ0v) is 12.5. The van der Waals surface area contributed by atoms with Gasteiger partial charge in [-0.25, -0.2) is 0 Å². The van der Waals surface area contributed by atoms with Crippen molar-refractivity contribution in [1.82, 2.24) is 4.90 Å². The normalized spacial score (nSPS) is 19.3. The number of piperazine rings is 1. The lowest BCUT2D eigenvalue weighted by Gasteiger charge is -2.41. The van der Waals surface area contributed by atoms with Crippen LogP contribution in [0.3, 0.4) is 0 Å². The van der Waals surface area contributed by atoms with Crippen LogP contribution in [0.1, 0.15) is 12.7 Å². The van der Waals surface area contributed by atoms with E-state index in [0.29, 0.717) is 18.3 Å². The summed E-state index contributed by atoms with van der Waals surface area (Å²) < 4.78 is 5.24. The number of anilines is 1. The summed E-state index contributed by atoms with van der Waals surface area (Å²) in [5.74, 6) is 0.457. The van der Waals surface area contributed by atoms with E-state index >= 15 is 0 Å². The first kappa shape index (κ1) is 14.6. The smallest absolute Gasteiger partial charge is 0.404 e. The van der Waals surface area contributed by atoms with Gasteiger partial charge in [-0.1, -0.05) is 18.2 Å². The number of para-hydroxylation sites is 1. The predicted octanol–water partition coefficient (Wildman–Crippen LogP) is 2.90. The quantitative estimate of drug-likeness (QED) is 0.642. The maximum Gasteiger partial charge on any atom is 0.433 e. The van der Waals surface area contributed by atoms with Gasteiger partial charge in [0.15, 0.2) is 0 Å². The van der Waals surface area contributed by atoms with Crippen LogP contribution in [0.2, 0.25) is 0 Å². The lowest BCUT2D eigenvalue weighted by molar-refractivity contribution is -0.402. The summed E-state index contributed by atoms with van der Waals surface area (Å²) in [7, 11) is 0. The summed E-state index contributed by atoms with van der Waals surface area (Å²) in [5, 5.41) is 10.6. The first-order valence-corrected chi connectivity index (χ1v) is 7.40. The van der Waals surface area contributed by atoms with Crippen molar-refractivity contribution in [2.24, 2.45) is 0 Å². The van der Waals surface area contributed by atoms with Crippen LogP contribution in [0.25, 0.3) is 0 Å². The third-order valence-corrected chi connectivity index (χ3v) is 4.01. The molecule has 1 atom stereocenters. The molecule has 0 aliphatic carbocycles. The topological polar surface area (TPSA) is 62.8 Å². The highest BCUT2D eigenvalue weighted by molar-refractivity contribution is 5.47. The number of furan rings is 1. The molecule has 0 amide bonds. The van der Waals surface area contributed by atoms with Gasteiger partial charge in [-0.15, -0.1) is 0 Å². The molecule has 1 aliphatic rings. The summed E-state index contributed by atoms with van der Waals surface area (Å²) in [6, 6.07) is 13.9. The highest BCUT2D eigenvalue weighted by Gasteiger charge is 2.25. The molecule has 0 saturated carbocycles. The van der Waals surface area contributed by atoms with Gasteiger partial charge in [-0.2, -0.15) is 0 Å². The van der Waals surface area contributed by atoms with Crippen LogP contribution in [-0.2, 0) is 6.54 Å². The average Bonchev–Trinajstić information content (AvgIpc) is 2.97. The van der Waals surface area contributed by atoms with Crippen LogP contribution in [0.5, 0.6) is 0 Å². The van der Waals surface area contributed by atoms with Crippen LogP contribution < -0.4 is 4.90 Å². The van der Waals surface area contributed by atoms with Gasteiger partial charge >= 0.3 is 5.88 Å². The van der Waals surface area contributed by atoms with Crippen molar-refractivity contribution < 1.29 is 9.34 Å². The molecule has 0 N–H and O–H groups in total. The van der Waals surface area contributed by atoms with Crippen molar-refractivity contribution in [3.8, 4) is 0 Å². The average molecular weight is 301 g/mol.